The molecule has 3 nitrogen and oxygen atoms in total. The van der Waals surface area contributed by atoms with Crippen LogP contribution in [0.5, 0.6) is 0 Å². The fourth-order valence-corrected chi connectivity index (χ4v) is 1.73. The number of nitrogens with zero attached hydrogens (tertiary/aromatic N) is 1. The summed E-state index contributed by atoms with van der Waals surface area (Å²) in [4.78, 5) is 12.7. The minimum absolute atomic E-state index is 0.159. The van der Waals surface area contributed by atoms with Crippen molar-refractivity contribution in [2.24, 2.45) is 0 Å². The van der Waals surface area contributed by atoms with Gasteiger partial charge in [0.1, 0.15) is 0 Å². The van der Waals surface area contributed by atoms with Gasteiger partial charge in [0.2, 0.25) is 0 Å². The molecule has 1 N–H and O–H groups in total. The van der Waals surface area contributed by atoms with Crippen molar-refractivity contribution in [3.63, 3.8) is 0 Å². The number of unbranched alkanes of at least 4 members (excludes halogenated alkanes) is 1. The van der Waals surface area contributed by atoms with Crippen molar-refractivity contribution in [2.75, 3.05) is 18.0 Å². The van der Waals surface area contributed by atoms with Gasteiger partial charge >= 0.3 is 5.97 Å². The lowest BCUT2D eigenvalue weighted by Gasteiger charge is -2.24. The van der Waals surface area contributed by atoms with E-state index < -0.39 is 5.97 Å². The number of anilines is 1. The first-order valence-corrected chi connectivity index (χ1v) is 6.23. The molecule has 1 aromatic carbocycles. The van der Waals surface area contributed by atoms with Crippen LogP contribution < -0.4 is 4.90 Å². The van der Waals surface area contributed by atoms with E-state index in [1.165, 1.54) is 0 Å². The number of carboxylic acid groups (broad SMARTS) is 1. The minimum atomic E-state index is -0.763. The zero-order chi connectivity index (χ0) is 12.7. The van der Waals surface area contributed by atoms with Crippen LogP contribution in [-0.2, 0) is 4.79 Å². The number of rotatable bonds is 7. The molecule has 0 atom stereocenters. The van der Waals surface area contributed by atoms with E-state index >= 15 is 0 Å². The molecule has 17 heavy (non-hydrogen) atoms. The van der Waals surface area contributed by atoms with Gasteiger partial charge in [0.05, 0.1) is 6.42 Å². The molecule has 0 unspecified atom stereocenters. The maximum absolute atomic E-state index is 10.6. The van der Waals surface area contributed by atoms with Crippen LogP contribution in [0.3, 0.4) is 0 Å². The molecule has 0 aliphatic rings. The lowest BCUT2D eigenvalue weighted by atomic mass is 10.2. The van der Waals surface area contributed by atoms with E-state index in [4.69, 9.17) is 16.7 Å². The SMILES string of the molecule is CCCCN(CCC(=O)O)c1ccc(Cl)cc1. The van der Waals surface area contributed by atoms with Crippen LogP contribution in [0.25, 0.3) is 0 Å². The first-order valence-electron chi connectivity index (χ1n) is 5.85. The van der Waals surface area contributed by atoms with Gasteiger partial charge in [0, 0.05) is 23.8 Å². The monoisotopic (exact) mass is 255 g/mol. The topological polar surface area (TPSA) is 40.5 Å². The van der Waals surface area contributed by atoms with E-state index in [9.17, 15) is 4.79 Å². The fraction of sp³-hybridized carbons (Fsp3) is 0.462. The Morgan fingerprint density at radius 1 is 1.29 bits per heavy atom. The fourth-order valence-electron chi connectivity index (χ4n) is 1.60. The number of carbonyl (C=O) groups is 1. The maximum Gasteiger partial charge on any atom is 0.305 e. The van der Waals surface area contributed by atoms with Gasteiger partial charge in [-0.15, -0.1) is 0 Å². The Labute approximate surface area is 107 Å². The predicted molar refractivity (Wildman–Crippen MR) is 70.8 cm³/mol. The van der Waals surface area contributed by atoms with Gasteiger partial charge in [-0.3, -0.25) is 4.79 Å². The molecule has 0 heterocycles. The quantitative estimate of drug-likeness (QED) is 0.812. The van der Waals surface area contributed by atoms with E-state index in [0.717, 1.165) is 25.1 Å². The zero-order valence-corrected chi connectivity index (χ0v) is 10.8. The van der Waals surface area contributed by atoms with Crippen molar-refractivity contribution >= 4 is 23.3 Å². The second-order valence-electron chi connectivity index (χ2n) is 3.96. The molecule has 0 fully saturated rings. The highest BCUT2D eigenvalue weighted by atomic mass is 35.5. The molecule has 1 rings (SSSR count). The molecule has 0 aliphatic carbocycles. The zero-order valence-electron chi connectivity index (χ0n) is 10.0. The Morgan fingerprint density at radius 2 is 1.94 bits per heavy atom. The first-order chi connectivity index (χ1) is 8.13. The summed E-state index contributed by atoms with van der Waals surface area (Å²) in [7, 11) is 0. The lowest BCUT2D eigenvalue weighted by Crippen LogP contribution is -2.27. The highest BCUT2D eigenvalue weighted by Gasteiger charge is 2.08. The van der Waals surface area contributed by atoms with Gasteiger partial charge < -0.3 is 10.0 Å². The molecular weight excluding hydrogens is 238 g/mol. The number of hydrogen-bond donors (Lipinski definition) is 1. The van der Waals surface area contributed by atoms with Crippen LogP contribution in [0.15, 0.2) is 24.3 Å². The van der Waals surface area contributed by atoms with Crippen molar-refractivity contribution < 1.29 is 9.90 Å². The Bertz CT molecular complexity index is 351. The summed E-state index contributed by atoms with van der Waals surface area (Å²) in [6, 6.07) is 7.52. The van der Waals surface area contributed by atoms with Crippen molar-refractivity contribution in [1.29, 1.82) is 0 Å². The van der Waals surface area contributed by atoms with E-state index in [0.29, 0.717) is 11.6 Å². The second kappa shape index (κ2) is 7.17. The molecule has 0 bridgehead atoms. The van der Waals surface area contributed by atoms with Crippen LogP contribution in [0, 0.1) is 0 Å². The largest absolute Gasteiger partial charge is 0.481 e. The Morgan fingerprint density at radius 3 is 2.47 bits per heavy atom. The summed E-state index contributed by atoms with van der Waals surface area (Å²) in [5, 5.41) is 9.43. The second-order valence-corrected chi connectivity index (χ2v) is 4.40. The van der Waals surface area contributed by atoms with Crippen LogP contribution >= 0.6 is 11.6 Å². The third kappa shape index (κ3) is 5.09. The smallest absolute Gasteiger partial charge is 0.305 e. The number of carboxylic acids is 1. The van der Waals surface area contributed by atoms with Gasteiger partial charge in [-0.2, -0.15) is 0 Å². The molecule has 0 amide bonds. The summed E-state index contributed by atoms with van der Waals surface area (Å²) in [6.07, 6.45) is 2.31. The summed E-state index contributed by atoms with van der Waals surface area (Å²) < 4.78 is 0. The Balaban J connectivity index is 2.67. The molecule has 4 heteroatoms. The molecule has 94 valence electrons. The van der Waals surface area contributed by atoms with Crippen LogP contribution in [0.2, 0.25) is 5.02 Å². The predicted octanol–water partition coefficient (Wildman–Crippen LogP) is 3.42. The van der Waals surface area contributed by atoms with E-state index in [1.807, 2.05) is 24.3 Å². The highest BCUT2D eigenvalue weighted by molar-refractivity contribution is 6.30. The van der Waals surface area contributed by atoms with E-state index in [2.05, 4.69) is 11.8 Å². The molecule has 0 saturated carbocycles. The van der Waals surface area contributed by atoms with Gasteiger partial charge in [-0.05, 0) is 30.7 Å². The summed E-state index contributed by atoms with van der Waals surface area (Å²) in [5.74, 6) is -0.763. The number of aliphatic carboxylic acids is 1. The van der Waals surface area contributed by atoms with Crippen molar-refractivity contribution in [2.45, 2.75) is 26.2 Å². The molecular formula is C13H18ClNO2. The summed E-state index contributed by atoms with van der Waals surface area (Å²) in [5.41, 5.74) is 1.03. The van der Waals surface area contributed by atoms with Crippen LogP contribution in [0.4, 0.5) is 5.69 Å². The molecule has 0 spiro atoms. The molecule has 0 aliphatic heterocycles. The first kappa shape index (κ1) is 13.8. The average Bonchev–Trinajstić information content (AvgIpc) is 2.30. The maximum atomic E-state index is 10.6. The van der Waals surface area contributed by atoms with Crippen molar-refractivity contribution in [1.82, 2.24) is 0 Å². The molecule has 1 aromatic rings. The number of hydrogen-bond acceptors (Lipinski definition) is 2. The molecule has 0 aromatic heterocycles. The minimum Gasteiger partial charge on any atom is -0.481 e. The van der Waals surface area contributed by atoms with Gasteiger partial charge in [-0.1, -0.05) is 24.9 Å². The van der Waals surface area contributed by atoms with Gasteiger partial charge in [0.25, 0.3) is 0 Å². The Kier molecular flexibility index (Phi) is 5.84. The molecule has 0 saturated heterocycles. The van der Waals surface area contributed by atoms with Crippen LogP contribution in [-0.4, -0.2) is 24.2 Å². The van der Waals surface area contributed by atoms with E-state index in [-0.39, 0.29) is 6.42 Å². The summed E-state index contributed by atoms with van der Waals surface area (Å²) in [6.45, 7) is 3.54. The van der Waals surface area contributed by atoms with Gasteiger partial charge in [0.15, 0.2) is 0 Å². The third-order valence-corrected chi connectivity index (χ3v) is 2.82. The third-order valence-electron chi connectivity index (χ3n) is 2.57. The average molecular weight is 256 g/mol. The van der Waals surface area contributed by atoms with Crippen LogP contribution in [0.1, 0.15) is 26.2 Å². The number of benzene rings is 1. The van der Waals surface area contributed by atoms with Crippen molar-refractivity contribution in [3.8, 4) is 0 Å². The Hall–Kier alpha value is -1.22. The highest BCUT2D eigenvalue weighted by Crippen LogP contribution is 2.18. The van der Waals surface area contributed by atoms with Crippen molar-refractivity contribution in [3.05, 3.63) is 29.3 Å². The normalized spacial score (nSPS) is 10.2. The lowest BCUT2D eigenvalue weighted by molar-refractivity contribution is -0.136. The molecule has 0 radical (unpaired) electrons. The van der Waals surface area contributed by atoms with E-state index in [1.54, 1.807) is 0 Å². The number of halogens is 1. The van der Waals surface area contributed by atoms with Gasteiger partial charge in [-0.25, -0.2) is 0 Å². The standard InChI is InChI=1S/C13H18ClNO2/c1-2-3-9-15(10-8-13(16)17)12-6-4-11(14)5-7-12/h4-7H,2-3,8-10H2,1H3,(H,16,17). The summed E-state index contributed by atoms with van der Waals surface area (Å²) >= 11 is 5.84.